The fraction of sp³-hybridized carbons (Fsp3) is 0.417. The van der Waals surface area contributed by atoms with Gasteiger partial charge in [0.25, 0.3) is 0 Å². The highest BCUT2D eigenvalue weighted by Crippen LogP contribution is 2.04. The summed E-state index contributed by atoms with van der Waals surface area (Å²) in [4.78, 5) is 26.8. The van der Waals surface area contributed by atoms with Gasteiger partial charge in [0.05, 0.1) is 6.42 Å². The van der Waals surface area contributed by atoms with E-state index in [4.69, 9.17) is 0 Å². The minimum Gasteiger partial charge on any atom is -0.356 e. The predicted octanol–water partition coefficient (Wildman–Crippen LogP) is 0.0189. The molecule has 0 spiro atoms. The molecule has 0 aromatic carbocycles. The van der Waals surface area contributed by atoms with Gasteiger partial charge >= 0.3 is 0 Å². The van der Waals surface area contributed by atoms with Crippen molar-refractivity contribution in [3.8, 4) is 0 Å². The lowest BCUT2D eigenvalue weighted by molar-refractivity contribution is -0.124. The average Bonchev–Trinajstić information content (AvgIpc) is 2.30. The Hall–Kier alpha value is -1.91. The van der Waals surface area contributed by atoms with Crippen molar-refractivity contribution in [3.63, 3.8) is 0 Å². The number of nitrogens with zero attached hydrogens (tertiary/aromatic N) is 1. The highest BCUT2D eigenvalue weighted by molar-refractivity contribution is 5.81. The Morgan fingerprint density at radius 1 is 1.47 bits per heavy atom. The molecule has 1 saturated heterocycles. The van der Waals surface area contributed by atoms with Crippen molar-refractivity contribution < 1.29 is 9.59 Å². The van der Waals surface area contributed by atoms with Crippen LogP contribution >= 0.6 is 0 Å². The molecular weight excluding hydrogens is 218 g/mol. The molecule has 2 amide bonds. The van der Waals surface area contributed by atoms with Crippen LogP contribution in [0.4, 0.5) is 0 Å². The standard InChI is InChI=1S/C12H15N3O2/c16-11-8-10(3-6-14-11)15-12(17)7-9-1-4-13-5-2-9/h1-2,4-5,10H,3,6-8H2,(H,14,16)(H,15,17). The van der Waals surface area contributed by atoms with Gasteiger partial charge in [-0.1, -0.05) is 0 Å². The lowest BCUT2D eigenvalue weighted by Crippen LogP contribution is -2.45. The zero-order valence-electron chi connectivity index (χ0n) is 9.48. The Balaban J connectivity index is 1.83. The smallest absolute Gasteiger partial charge is 0.224 e. The zero-order chi connectivity index (χ0) is 12.1. The molecule has 0 bridgehead atoms. The molecular formula is C12H15N3O2. The van der Waals surface area contributed by atoms with Gasteiger partial charge in [0, 0.05) is 31.4 Å². The summed E-state index contributed by atoms with van der Waals surface area (Å²) in [6.07, 6.45) is 4.84. The first kappa shape index (κ1) is 11.6. The van der Waals surface area contributed by atoms with Gasteiger partial charge in [-0.25, -0.2) is 0 Å². The highest BCUT2D eigenvalue weighted by atomic mass is 16.2. The molecule has 17 heavy (non-hydrogen) atoms. The molecule has 1 aromatic heterocycles. The first-order valence-electron chi connectivity index (χ1n) is 5.69. The van der Waals surface area contributed by atoms with Crippen LogP contribution in [-0.2, 0) is 16.0 Å². The van der Waals surface area contributed by atoms with E-state index in [1.807, 2.05) is 12.1 Å². The number of rotatable bonds is 3. The molecule has 5 heteroatoms. The van der Waals surface area contributed by atoms with Crippen LogP contribution in [0.25, 0.3) is 0 Å². The van der Waals surface area contributed by atoms with Gasteiger partial charge < -0.3 is 10.6 Å². The molecule has 1 fully saturated rings. The molecule has 1 aliphatic heterocycles. The van der Waals surface area contributed by atoms with Crippen molar-refractivity contribution in [2.24, 2.45) is 0 Å². The third-order valence-electron chi connectivity index (χ3n) is 2.73. The largest absolute Gasteiger partial charge is 0.356 e. The normalized spacial score (nSPS) is 19.5. The van der Waals surface area contributed by atoms with Crippen LogP contribution in [0.2, 0.25) is 0 Å². The molecule has 1 aromatic rings. The van der Waals surface area contributed by atoms with E-state index >= 15 is 0 Å². The lowest BCUT2D eigenvalue weighted by atomic mass is 10.1. The molecule has 1 atom stereocenters. The molecule has 5 nitrogen and oxygen atoms in total. The summed E-state index contributed by atoms with van der Waals surface area (Å²) in [7, 11) is 0. The predicted molar refractivity (Wildman–Crippen MR) is 62.1 cm³/mol. The summed E-state index contributed by atoms with van der Waals surface area (Å²) in [5, 5.41) is 5.61. The average molecular weight is 233 g/mol. The van der Waals surface area contributed by atoms with E-state index in [1.165, 1.54) is 0 Å². The second-order valence-electron chi connectivity index (χ2n) is 4.14. The summed E-state index contributed by atoms with van der Waals surface area (Å²) in [6, 6.07) is 3.60. The number of pyridine rings is 1. The van der Waals surface area contributed by atoms with E-state index < -0.39 is 0 Å². The van der Waals surface area contributed by atoms with E-state index in [9.17, 15) is 9.59 Å². The van der Waals surface area contributed by atoms with Crippen molar-refractivity contribution in [2.75, 3.05) is 6.54 Å². The maximum absolute atomic E-state index is 11.7. The van der Waals surface area contributed by atoms with Gasteiger partial charge in [-0.2, -0.15) is 0 Å². The fourth-order valence-electron chi connectivity index (χ4n) is 1.87. The summed E-state index contributed by atoms with van der Waals surface area (Å²) >= 11 is 0. The van der Waals surface area contributed by atoms with Gasteiger partial charge in [-0.3, -0.25) is 14.6 Å². The van der Waals surface area contributed by atoms with Crippen LogP contribution in [0.1, 0.15) is 18.4 Å². The summed E-state index contributed by atoms with van der Waals surface area (Å²) in [6.45, 7) is 0.638. The summed E-state index contributed by atoms with van der Waals surface area (Å²) in [5.74, 6) is -0.0404. The first-order valence-corrected chi connectivity index (χ1v) is 5.69. The number of nitrogens with one attached hydrogen (secondary N) is 2. The molecule has 1 aliphatic rings. The molecule has 2 N–H and O–H groups in total. The second-order valence-corrected chi connectivity index (χ2v) is 4.14. The number of hydrogen-bond donors (Lipinski definition) is 2. The SMILES string of the molecule is O=C1CC(NC(=O)Cc2ccncc2)CCN1. The maximum Gasteiger partial charge on any atom is 0.224 e. The Labute approximate surface area is 99.6 Å². The van der Waals surface area contributed by atoms with E-state index in [-0.39, 0.29) is 17.9 Å². The van der Waals surface area contributed by atoms with Gasteiger partial charge in [-0.15, -0.1) is 0 Å². The van der Waals surface area contributed by atoms with Crippen molar-refractivity contribution in [3.05, 3.63) is 30.1 Å². The minimum atomic E-state index is -0.0455. The van der Waals surface area contributed by atoms with Crippen molar-refractivity contribution >= 4 is 11.8 Å². The van der Waals surface area contributed by atoms with Crippen LogP contribution in [0.15, 0.2) is 24.5 Å². The van der Waals surface area contributed by atoms with Gasteiger partial charge in [0.15, 0.2) is 0 Å². The van der Waals surface area contributed by atoms with E-state index in [0.29, 0.717) is 19.4 Å². The van der Waals surface area contributed by atoms with Crippen LogP contribution in [0.5, 0.6) is 0 Å². The zero-order valence-corrected chi connectivity index (χ0v) is 9.48. The molecule has 0 saturated carbocycles. The first-order chi connectivity index (χ1) is 8.24. The van der Waals surface area contributed by atoms with Crippen LogP contribution in [0, 0.1) is 0 Å². The minimum absolute atomic E-state index is 0.00506. The second kappa shape index (κ2) is 5.43. The van der Waals surface area contributed by atoms with Crippen LogP contribution < -0.4 is 10.6 Å². The van der Waals surface area contributed by atoms with Crippen LogP contribution in [0.3, 0.4) is 0 Å². The summed E-state index contributed by atoms with van der Waals surface area (Å²) in [5.41, 5.74) is 0.928. The Morgan fingerprint density at radius 2 is 2.24 bits per heavy atom. The molecule has 2 heterocycles. The van der Waals surface area contributed by atoms with Crippen molar-refractivity contribution in [1.82, 2.24) is 15.6 Å². The van der Waals surface area contributed by atoms with Gasteiger partial charge in [0.1, 0.15) is 0 Å². The number of aromatic nitrogens is 1. The molecule has 0 aliphatic carbocycles. The molecule has 2 rings (SSSR count). The van der Waals surface area contributed by atoms with E-state index in [1.54, 1.807) is 12.4 Å². The van der Waals surface area contributed by atoms with Crippen LogP contribution in [-0.4, -0.2) is 29.4 Å². The number of carbonyl (C=O) groups excluding carboxylic acids is 2. The molecule has 90 valence electrons. The Kier molecular flexibility index (Phi) is 3.69. The number of carbonyl (C=O) groups is 2. The lowest BCUT2D eigenvalue weighted by Gasteiger charge is -2.23. The van der Waals surface area contributed by atoms with Crippen molar-refractivity contribution in [1.29, 1.82) is 0 Å². The number of piperidine rings is 1. The summed E-state index contributed by atoms with van der Waals surface area (Å²) < 4.78 is 0. The topological polar surface area (TPSA) is 71.1 Å². The van der Waals surface area contributed by atoms with E-state index in [2.05, 4.69) is 15.6 Å². The Bertz CT molecular complexity index is 405. The third kappa shape index (κ3) is 3.55. The number of hydrogen-bond acceptors (Lipinski definition) is 3. The number of amides is 2. The highest BCUT2D eigenvalue weighted by Gasteiger charge is 2.20. The molecule has 0 radical (unpaired) electrons. The van der Waals surface area contributed by atoms with Crippen molar-refractivity contribution in [2.45, 2.75) is 25.3 Å². The van der Waals surface area contributed by atoms with Gasteiger partial charge in [0.2, 0.25) is 11.8 Å². The fourth-order valence-corrected chi connectivity index (χ4v) is 1.87. The van der Waals surface area contributed by atoms with Gasteiger partial charge in [-0.05, 0) is 24.1 Å². The third-order valence-corrected chi connectivity index (χ3v) is 2.73. The molecule has 1 unspecified atom stereocenters. The quantitative estimate of drug-likeness (QED) is 0.773. The van der Waals surface area contributed by atoms with E-state index in [0.717, 1.165) is 12.0 Å². The monoisotopic (exact) mass is 233 g/mol. The maximum atomic E-state index is 11.7. The Morgan fingerprint density at radius 3 is 2.94 bits per heavy atom.